The van der Waals surface area contributed by atoms with E-state index >= 15 is 0 Å². The van der Waals surface area contributed by atoms with Crippen molar-refractivity contribution >= 4 is 5.97 Å². The molecule has 0 radical (unpaired) electrons. The molecule has 116 valence electrons. The fourth-order valence-electron chi connectivity index (χ4n) is 3.26. The largest absolute Gasteiger partial charge is 0.496 e. The van der Waals surface area contributed by atoms with Crippen LogP contribution in [0.2, 0.25) is 0 Å². The van der Waals surface area contributed by atoms with Crippen molar-refractivity contribution in [2.24, 2.45) is 5.92 Å². The Bertz CT molecular complexity index is 515. The molecule has 0 aliphatic heterocycles. The molecular weight excluding hydrogens is 264 g/mol. The van der Waals surface area contributed by atoms with Crippen LogP contribution < -0.4 is 4.74 Å². The number of hydrogen-bond donors (Lipinski definition) is 1. The van der Waals surface area contributed by atoms with Crippen molar-refractivity contribution in [3.8, 4) is 5.75 Å². The molecule has 2 rings (SSSR count). The van der Waals surface area contributed by atoms with Gasteiger partial charge in [-0.3, -0.25) is 4.79 Å². The first-order valence-corrected chi connectivity index (χ1v) is 7.91. The summed E-state index contributed by atoms with van der Waals surface area (Å²) in [5.41, 5.74) is 3.56. The van der Waals surface area contributed by atoms with E-state index in [9.17, 15) is 9.90 Å². The Labute approximate surface area is 127 Å². The fraction of sp³-hybridized carbons (Fsp3) is 0.611. The zero-order valence-electron chi connectivity index (χ0n) is 13.5. The summed E-state index contributed by atoms with van der Waals surface area (Å²) < 4.78 is 5.71. The smallest absolute Gasteiger partial charge is 0.303 e. The lowest BCUT2D eigenvalue weighted by Gasteiger charge is -2.25. The van der Waals surface area contributed by atoms with E-state index in [1.54, 1.807) is 7.11 Å². The molecule has 0 aromatic heterocycles. The maximum absolute atomic E-state index is 11.3. The van der Waals surface area contributed by atoms with Gasteiger partial charge < -0.3 is 9.84 Å². The van der Waals surface area contributed by atoms with Gasteiger partial charge in [0.25, 0.3) is 0 Å². The second-order valence-corrected chi connectivity index (χ2v) is 6.31. The number of methoxy groups -OCH3 is 1. The molecule has 1 fully saturated rings. The standard InChI is InChI=1S/C18H26O3/c1-5-12-8-9-14(11(2)3)17(18(12)21-4)15(10-16(19)20)13-6-7-13/h8-9,11,13,15H,5-7,10H2,1-4H3,(H,19,20). The zero-order chi connectivity index (χ0) is 15.6. The lowest BCUT2D eigenvalue weighted by atomic mass is 9.82. The Balaban J connectivity index is 2.57. The Kier molecular flexibility index (Phi) is 4.92. The molecule has 1 aliphatic rings. The van der Waals surface area contributed by atoms with E-state index in [0.717, 1.165) is 30.6 Å². The Morgan fingerprint density at radius 3 is 2.48 bits per heavy atom. The van der Waals surface area contributed by atoms with Crippen LogP contribution in [-0.2, 0) is 11.2 Å². The van der Waals surface area contributed by atoms with Crippen molar-refractivity contribution in [2.45, 2.75) is 58.3 Å². The number of benzene rings is 1. The zero-order valence-corrected chi connectivity index (χ0v) is 13.5. The van der Waals surface area contributed by atoms with Crippen LogP contribution >= 0.6 is 0 Å². The number of carboxylic acids is 1. The van der Waals surface area contributed by atoms with Crippen LogP contribution in [0.4, 0.5) is 0 Å². The normalized spacial score (nSPS) is 16.0. The number of carboxylic acid groups (broad SMARTS) is 1. The van der Waals surface area contributed by atoms with Crippen LogP contribution in [0.5, 0.6) is 5.75 Å². The quantitative estimate of drug-likeness (QED) is 0.812. The highest BCUT2D eigenvalue weighted by molar-refractivity contribution is 5.69. The average Bonchev–Trinajstić information content (AvgIpc) is 3.27. The number of aliphatic carboxylic acids is 1. The van der Waals surface area contributed by atoms with E-state index in [0.29, 0.717) is 11.8 Å². The molecule has 21 heavy (non-hydrogen) atoms. The number of carbonyl (C=O) groups is 1. The first-order valence-electron chi connectivity index (χ1n) is 7.91. The highest BCUT2D eigenvalue weighted by Crippen LogP contribution is 2.50. The third-order valence-corrected chi connectivity index (χ3v) is 4.47. The summed E-state index contributed by atoms with van der Waals surface area (Å²) in [5, 5.41) is 9.30. The van der Waals surface area contributed by atoms with Gasteiger partial charge >= 0.3 is 5.97 Å². The Hall–Kier alpha value is -1.51. The summed E-state index contributed by atoms with van der Waals surface area (Å²) in [6, 6.07) is 4.29. The second-order valence-electron chi connectivity index (χ2n) is 6.31. The molecule has 1 aromatic carbocycles. The predicted octanol–water partition coefficient (Wildman–Crippen LogP) is 4.35. The molecule has 1 saturated carbocycles. The van der Waals surface area contributed by atoms with Gasteiger partial charge in [-0.05, 0) is 42.2 Å². The minimum Gasteiger partial charge on any atom is -0.496 e. The van der Waals surface area contributed by atoms with E-state index in [4.69, 9.17) is 4.74 Å². The van der Waals surface area contributed by atoms with Gasteiger partial charge in [0.2, 0.25) is 0 Å². The molecule has 0 bridgehead atoms. The maximum Gasteiger partial charge on any atom is 0.303 e. The summed E-state index contributed by atoms with van der Waals surface area (Å²) in [7, 11) is 1.70. The monoisotopic (exact) mass is 290 g/mol. The molecule has 1 aromatic rings. The van der Waals surface area contributed by atoms with Gasteiger partial charge in [0.15, 0.2) is 0 Å². The lowest BCUT2D eigenvalue weighted by Crippen LogP contribution is -2.14. The number of aryl methyl sites for hydroxylation is 1. The molecular formula is C18H26O3. The van der Waals surface area contributed by atoms with Crippen LogP contribution in [0.25, 0.3) is 0 Å². The molecule has 1 aliphatic carbocycles. The highest BCUT2D eigenvalue weighted by Gasteiger charge is 2.37. The van der Waals surface area contributed by atoms with E-state index in [-0.39, 0.29) is 12.3 Å². The molecule has 3 heteroatoms. The van der Waals surface area contributed by atoms with E-state index < -0.39 is 5.97 Å². The second kappa shape index (κ2) is 6.50. The average molecular weight is 290 g/mol. The fourth-order valence-corrected chi connectivity index (χ4v) is 3.26. The summed E-state index contributed by atoms with van der Waals surface area (Å²) in [6.45, 7) is 6.43. The third kappa shape index (κ3) is 3.39. The van der Waals surface area contributed by atoms with Gasteiger partial charge in [0.1, 0.15) is 5.75 Å². The summed E-state index contributed by atoms with van der Waals surface area (Å²) in [5.74, 6) is 1.16. The molecule has 0 saturated heterocycles. The Morgan fingerprint density at radius 2 is 2.05 bits per heavy atom. The van der Waals surface area contributed by atoms with Gasteiger partial charge in [-0.25, -0.2) is 0 Å². The van der Waals surface area contributed by atoms with Crippen LogP contribution in [0, 0.1) is 5.92 Å². The van der Waals surface area contributed by atoms with Crippen molar-refractivity contribution in [2.75, 3.05) is 7.11 Å². The predicted molar refractivity (Wildman–Crippen MR) is 84.2 cm³/mol. The molecule has 0 spiro atoms. The van der Waals surface area contributed by atoms with Crippen molar-refractivity contribution in [1.29, 1.82) is 0 Å². The molecule has 1 unspecified atom stereocenters. The van der Waals surface area contributed by atoms with Crippen LogP contribution in [-0.4, -0.2) is 18.2 Å². The lowest BCUT2D eigenvalue weighted by molar-refractivity contribution is -0.137. The minimum absolute atomic E-state index is 0.0846. The van der Waals surface area contributed by atoms with Crippen LogP contribution in [0.1, 0.15) is 68.6 Å². The van der Waals surface area contributed by atoms with Crippen molar-refractivity contribution in [1.82, 2.24) is 0 Å². The summed E-state index contributed by atoms with van der Waals surface area (Å²) in [4.78, 5) is 11.3. The van der Waals surface area contributed by atoms with Gasteiger partial charge in [0.05, 0.1) is 13.5 Å². The molecule has 0 amide bonds. The molecule has 3 nitrogen and oxygen atoms in total. The molecule has 1 N–H and O–H groups in total. The first kappa shape index (κ1) is 15.9. The van der Waals surface area contributed by atoms with Gasteiger partial charge in [-0.1, -0.05) is 32.9 Å². The Morgan fingerprint density at radius 1 is 1.38 bits per heavy atom. The summed E-state index contributed by atoms with van der Waals surface area (Å²) in [6.07, 6.45) is 3.37. The topological polar surface area (TPSA) is 46.5 Å². The molecule has 1 atom stereocenters. The van der Waals surface area contributed by atoms with Crippen molar-refractivity contribution < 1.29 is 14.6 Å². The maximum atomic E-state index is 11.3. The third-order valence-electron chi connectivity index (χ3n) is 4.47. The van der Waals surface area contributed by atoms with Crippen LogP contribution in [0.3, 0.4) is 0 Å². The number of rotatable bonds is 7. The molecule has 0 heterocycles. The van der Waals surface area contributed by atoms with Crippen molar-refractivity contribution in [3.05, 3.63) is 28.8 Å². The number of ether oxygens (including phenoxy) is 1. The highest BCUT2D eigenvalue weighted by atomic mass is 16.5. The van der Waals surface area contributed by atoms with Gasteiger partial charge in [0, 0.05) is 11.5 Å². The van der Waals surface area contributed by atoms with Gasteiger partial charge in [-0.15, -0.1) is 0 Å². The minimum atomic E-state index is -0.717. The summed E-state index contributed by atoms with van der Waals surface area (Å²) >= 11 is 0. The van der Waals surface area contributed by atoms with Crippen molar-refractivity contribution in [3.63, 3.8) is 0 Å². The van der Waals surface area contributed by atoms with E-state index in [1.807, 2.05) is 0 Å². The van der Waals surface area contributed by atoms with E-state index in [1.165, 1.54) is 11.1 Å². The van der Waals surface area contributed by atoms with Crippen LogP contribution in [0.15, 0.2) is 12.1 Å². The van der Waals surface area contributed by atoms with E-state index in [2.05, 4.69) is 32.9 Å². The number of hydrogen-bond acceptors (Lipinski definition) is 2. The van der Waals surface area contributed by atoms with Gasteiger partial charge in [-0.2, -0.15) is 0 Å². The SMILES string of the molecule is CCc1ccc(C(C)C)c(C(CC(=O)O)C2CC2)c1OC. The first-order chi connectivity index (χ1) is 9.99.